The van der Waals surface area contributed by atoms with Gasteiger partial charge in [0.15, 0.2) is 0 Å². The van der Waals surface area contributed by atoms with E-state index in [0.717, 1.165) is 37.8 Å². The summed E-state index contributed by atoms with van der Waals surface area (Å²) in [7, 11) is 0. The molecule has 0 saturated carbocycles. The molecule has 23 heavy (non-hydrogen) atoms. The summed E-state index contributed by atoms with van der Waals surface area (Å²) in [4.78, 5) is 0. The third kappa shape index (κ3) is 4.43. The summed E-state index contributed by atoms with van der Waals surface area (Å²) in [5.41, 5.74) is 3.70. The molecule has 2 aromatic carbocycles. The van der Waals surface area contributed by atoms with E-state index in [2.05, 4.69) is 66.8 Å². The highest BCUT2D eigenvalue weighted by Gasteiger charge is 2.27. The van der Waals surface area contributed by atoms with Gasteiger partial charge in [0.25, 0.3) is 0 Å². The Kier molecular flexibility index (Phi) is 5.47. The van der Waals surface area contributed by atoms with Crippen LogP contribution < -0.4 is 5.32 Å². The van der Waals surface area contributed by atoms with Gasteiger partial charge >= 0.3 is 0 Å². The first-order valence-corrected chi connectivity index (χ1v) is 8.74. The van der Waals surface area contributed by atoms with E-state index in [4.69, 9.17) is 0 Å². The van der Waals surface area contributed by atoms with Gasteiger partial charge in [0, 0.05) is 6.04 Å². The minimum Gasteiger partial charge on any atom is -0.388 e. The SMILES string of the molecule is Cc1ccc(C(O)C2CCNC(CCc3ccccc3)C2)cc1. The molecule has 1 fully saturated rings. The van der Waals surface area contributed by atoms with Crippen LogP contribution in [0.5, 0.6) is 0 Å². The highest BCUT2D eigenvalue weighted by molar-refractivity contribution is 5.23. The lowest BCUT2D eigenvalue weighted by Gasteiger charge is -2.33. The average Bonchev–Trinajstić information content (AvgIpc) is 2.61. The van der Waals surface area contributed by atoms with Crippen LogP contribution in [-0.4, -0.2) is 17.7 Å². The van der Waals surface area contributed by atoms with Crippen LogP contribution in [0.2, 0.25) is 0 Å². The van der Waals surface area contributed by atoms with Gasteiger partial charge in [-0.2, -0.15) is 0 Å². The maximum atomic E-state index is 10.7. The molecule has 0 aliphatic carbocycles. The van der Waals surface area contributed by atoms with Gasteiger partial charge in [-0.05, 0) is 56.2 Å². The molecule has 2 heteroatoms. The monoisotopic (exact) mass is 309 g/mol. The Labute approximate surface area is 139 Å². The van der Waals surface area contributed by atoms with Crippen molar-refractivity contribution < 1.29 is 5.11 Å². The van der Waals surface area contributed by atoms with Gasteiger partial charge in [0.1, 0.15) is 0 Å². The summed E-state index contributed by atoms with van der Waals surface area (Å²) in [6.45, 7) is 3.09. The molecule has 3 unspecified atom stereocenters. The first-order valence-electron chi connectivity index (χ1n) is 8.74. The summed E-state index contributed by atoms with van der Waals surface area (Å²) >= 11 is 0. The molecule has 0 bridgehead atoms. The number of piperidine rings is 1. The highest BCUT2D eigenvalue weighted by atomic mass is 16.3. The number of nitrogens with one attached hydrogen (secondary N) is 1. The maximum Gasteiger partial charge on any atom is 0.0819 e. The normalized spacial score (nSPS) is 22.7. The molecule has 0 radical (unpaired) electrons. The predicted octanol–water partition coefficient (Wildman–Crippen LogP) is 4.03. The number of aliphatic hydroxyl groups excluding tert-OH is 1. The molecule has 1 aliphatic heterocycles. The van der Waals surface area contributed by atoms with Crippen molar-refractivity contribution in [2.24, 2.45) is 5.92 Å². The average molecular weight is 309 g/mol. The Hall–Kier alpha value is -1.64. The Morgan fingerprint density at radius 3 is 2.57 bits per heavy atom. The molecule has 122 valence electrons. The van der Waals surface area contributed by atoms with Gasteiger partial charge in [-0.15, -0.1) is 0 Å². The van der Waals surface area contributed by atoms with E-state index in [0.29, 0.717) is 12.0 Å². The zero-order valence-electron chi connectivity index (χ0n) is 13.9. The van der Waals surface area contributed by atoms with E-state index >= 15 is 0 Å². The smallest absolute Gasteiger partial charge is 0.0819 e. The third-order valence-electron chi connectivity index (χ3n) is 5.03. The number of aliphatic hydroxyl groups is 1. The Morgan fingerprint density at radius 2 is 1.83 bits per heavy atom. The fourth-order valence-electron chi connectivity index (χ4n) is 3.57. The van der Waals surface area contributed by atoms with Crippen LogP contribution in [0.25, 0.3) is 0 Å². The van der Waals surface area contributed by atoms with E-state index < -0.39 is 0 Å². The minimum atomic E-state index is -0.336. The van der Waals surface area contributed by atoms with Crippen LogP contribution in [-0.2, 0) is 6.42 Å². The molecule has 2 aromatic rings. The number of rotatable bonds is 5. The number of aryl methyl sites for hydroxylation is 2. The molecule has 0 spiro atoms. The fraction of sp³-hybridized carbons (Fsp3) is 0.429. The first kappa shape index (κ1) is 16.2. The second kappa shape index (κ2) is 7.76. The fourth-order valence-corrected chi connectivity index (χ4v) is 3.57. The van der Waals surface area contributed by atoms with Crippen LogP contribution >= 0.6 is 0 Å². The summed E-state index contributed by atoms with van der Waals surface area (Å²) < 4.78 is 0. The quantitative estimate of drug-likeness (QED) is 0.874. The zero-order valence-corrected chi connectivity index (χ0v) is 13.9. The predicted molar refractivity (Wildman–Crippen MR) is 95.4 cm³/mol. The minimum absolute atomic E-state index is 0.336. The van der Waals surface area contributed by atoms with Gasteiger partial charge in [-0.3, -0.25) is 0 Å². The lowest BCUT2D eigenvalue weighted by atomic mass is 9.83. The molecule has 2 nitrogen and oxygen atoms in total. The molecule has 0 aromatic heterocycles. The molecule has 3 atom stereocenters. The molecular weight excluding hydrogens is 282 g/mol. The van der Waals surface area contributed by atoms with Gasteiger partial charge in [-0.25, -0.2) is 0 Å². The standard InChI is InChI=1S/C21H27NO/c1-16-7-10-18(11-8-16)21(23)19-13-14-22-20(15-19)12-9-17-5-3-2-4-6-17/h2-8,10-11,19-23H,9,12-15H2,1H3. The topological polar surface area (TPSA) is 32.3 Å². The third-order valence-corrected chi connectivity index (χ3v) is 5.03. The van der Waals surface area contributed by atoms with E-state index in [9.17, 15) is 5.11 Å². The number of benzene rings is 2. The zero-order chi connectivity index (χ0) is 16.1. The Bertz CT molecular complexity index is 593. The van der Waals surface area contributed by atoms with Crippen LogP contribution in [0.4, 0.5) is 0 Å². The van der Waals surface area contributed by atoms with Crippen LogP contribution in [0.1, 0.15) is 42.1 Å². The lowest BCUT2D eigenvalue weighted by Crippen LogP contribution is -2.40. The largest absolute Gasteiger partial charge is 0.388 e. The summed E-state index contributed by atoms with van der Waals surface area (Å²) in [6.07, 6.45) is 4.02. The van der Waals surface area contributed by atoms with E-state index in [1.54, 1.807) is 0 Å². The van der Waals surface area contributed by atoms with Gasteiger partial charge in [-0.1, -0.05) is 60.2 Å². The van der Waals surface area contributed by atoms with Crippen molar-refractivity contribution in [2.75, 3.05) is 6.54 Å². The van der Waals surface area contributed by atoms with Crippen molar-refractivity contribution in [1.29, 1.82) is 0 Å². The summed E-state index contributed by atoms with van der Waals surface area (Å²) in [5, 5.41) is 14.3. The molecule has 2 N–H and O–H groups in total. The van der Waals surface area contributed by atoms with E-state index in [-0.39, 0.29) is 6.10 Å². The molecule has 1 heterocycles. The van der Waals surface area contributed by atoms with Crippen molar-refractivity contribution in [3.63, 3.8) is 0 Å². The lowest BCUT2D eigenvalue weighted by molar-refractivity contribution is 0.0766. The van der Waals surface area contributed by atoms with Gasteiger partial charge < -0.3 is 10.4 Å². The number of hydrogen-bond donors (Lipinski definition) is 2. The van der Waals surface area contributed by atoms with E-state index in [1.165, 1.54) is 11.1 Å². The first-order chi connectivity index (χ1) is 11.2. The second-order valence-electron chi connectivity index (χ2n) is 6.82. The Balaban J connectivity index is 1.56. The Morgan fingerprint density at radius 1 is 1.09 bits per heavy atom. The van der Waals surface area contributed by atoms with Crippen molar-refractivity contribution in [3.05, 3.63) is 71.3 Å². The summed E-state index contributed by atoms with van der Waals surface area (Å²) in [5.74, 6) is 0.361. The highest BCUT2D eigenvalue weighted by Crippen LogP contribution is 2.31. The molecular formula is C21H27NO. The van der Waals surface area contributed by atoms with Crippen molar-refractivity contribution in [1.82, 2.24) is 5.32 Å². The van der Waals surface area contributed by atoms with Gasteiger partial charge in [0.05, 0.1) is 6.10 Å². The van der Waals surface area contributed by atoms with Crippen molar-refractivity contribution in [2.45, 2.75) is 44.8 Å². The van der Waals surface area contributed by atoms with Crippen LogP contribution in [0.15, 0.2) is 54.6 Å². The second-order valence-corrected chi connectivity index (χ2v) is 6.82. The van der Waals surface area contributed by atoms with Gasteiger partial charge in [0.2, 0.25) is 0 Å². The van der Waals surface area contributed by atoms with Crippen LogP contribution in [0.3, 0.4) is 0 Å². The molecule has 1 aliphatic rings. The maximum absolute atomic E-state index is 10.7. The molecule has 3 rings (SSSR count). The van der Waals surface area contributed by atoms with Crippen LogP contribution in [0, 0.1) is 12.8 Å². The molecule has 1 saturated heterocycles. The number of hydrogen-bond acceptors (Lipinski definition) is 2. The summed E-state index contributed by atoms with van der Waals surface area (Å²) in [6, 6.07) is 19.5. The molecule has 0 amide bonds. The van der Waals surface area contributed by atoms with Crippen molar-refractivity contribution >= 4 is 0 Å². The van der Waals surface area contributed by atoms with E-state index in [1.807, 2.05) is 0 Å². The van der Waals surface area contributed by atoms with Crippen molar-refractivity contribution in [3.8, 4) is 0 Å².